The first-order chi connectivity index (χ1) is 45.4. The van der Waals surface area contributed by atoms with Crippen molar-refractivity contribution in [2.24, 2.45) is 0 Å². The summed E-state index contributed by atoms with van der Waals surface area (Å²) in [5.41, 5.74) is 31.1. The molecule has 0 atom stereocenters. The Morgan fingerprint density at radius 3 is 0.707 bits per heavy atom. The normalized spacial score (nSPS) is 15.4. The van der Waals surface area contributed by atoms with Crippen LogP contribution in [0.5, 0.6) is 0 Å². The summed E-state index contributed by atoms with van der Waals surface area (Å²) in [6, 6.07) is 118. The number of halogens is 2. The second-order valence-electron chi connectivity index (χ2n) is 26.0. The van der Waals surface area contributed by atoms with Crippen LogP contribution in [0, 0.1) is 0 Å². The maximum Gasteiger partial charge on any atom is 0.0734 e. The van der Waals surface area contributed by atoms with Crippen LogP contribution in [0.25, 0.3) is 88.1 Å². The predicted octanol–water partition coefficient (Wildman–Crippen LogP) is 22.2. The number of fused-ring (bicyclic) bond motifs is 18. The van der Waals surface area contributed by atoms with Gasteiger partial charge in [-0.25, -0.2) is 0 Å². The summed E-state index contributed by atoms with van der Waals surface area (Å²) in [7, 11) is 0. The lowest BCUT2D eigenvalue weighted by atomic mass is 9.61. The number of rotatable bonds is 0. The van der Waals surface area contributed by atoms with Crippen molar-refractivity contribution >= 4 is 75.5 Å². The molecule has 0 aliphatic heterocycles. The first-order valence-electron chi connectivity index (χ1n) is 31.9. The van der Waals surface area contributed by atoms with Gasteiger partial charge in [-0.1, -0.05) is 287 Å². The van der Waals surface area contributed by atoms with Crippen molar-refractivity contribution in [3.63, 3.8) is 0 Å². The molecule has 0 unspecified atom stereocenters. The highest BCUT2D eigenvalue weighted by atomic mass is 79.9. The van der Waals surface area contributed by atoms with Gasteiger partial charge in [-0.2, -0.15) is 0 Å². The van der Waals surface area contributed by atoms with E-state index < -0.39 is 21.7 Å². The number of aromatic nitrogens is 2. The van der Waals surface area contributed by atoms with Crippen molar-refractivity contribution in [3.05, 3.63) is 401 Å². The van der Waals surface area contributed by atoms with Crippen LogP contribution in [0.15, 0.2) is 312 Å². The summed E-state index contributed by atoms with van der Waals surface area (Å²) in [4.78, 5) is 8.36. The summed E-state index contributed by atoms with van der Waals surface area (Å²) in [5, 5.41) is 4.71. The van der Waals surface area contributed by atoms with Crippen LogP contribution in [0.2, 0.25) is 0 Å². The van der Waals surface area contributed by atoms with Gasteiger partial charge in [0.1, 0.15) is 0 Å². The number of H-pyrrole nitrogens is 2. The van der Waals surface area contributed by atoms with Crippen LogP contribution < -0.4 is 0 Å². The van der Waals surface area contributed by atoms with Gasteiger partial charge < -0.3 is 9.97 Å². The molecule has 0 amide bonds. The quantitative estimate of drug-likeness (QED) is 0.152. The van der Waals surface area contributed by atoms with Crippen LogP contribution in [-0.2, 0) is 21.7 Å². The van der Waals surface area contributed by atoms with E-state index in [0.29, 0.717) is 0 Å². The van der Waals surface area contributed by atoms with Crippen molar-refractivity contribution < 1.29 is 0 Å². The molecule has 24 rings (SSSR count). The van der Waals surface area contributed by atoms with E-state index in [0.717, 1.165) is 31.0 Å². The number of benzene rings is 14. The molecule has 0 saturated heterocycles. The maximum atomic E-state index is 4.18. The Morgan fingerprint density at radius 2 is 0.435 bits per heavy atom. The van der Waals surface area contributed by atoms with E-state index >= 15 is 0 Å². The topological polar surface area (TPSA) is 31.6 Å². The van der Waals surface area contributed by atoms with E-state index in [1.165, 1.54) is 155 Å². The minimum absolute atomic E-state index is 0.787. The molecule has 2 heterocycles. The molecule has 8 aliphatic rings. The fourth-order valence-corrected chi connectivity index (χ4v) is 19.7. The van der Waals surface area contributed by atoms with Gasteiger partial charge in [0.15, 0.2) is 0 Å². The van der Waals surface area contributed by atoms with E-state index in [-0.39, 0.29) is 0 Å². The second kappa shape index (κ2) is 18.2. The molecule has 8 bridgehead atoms. The van der Waals surface area contributed by atoms with E-state index in [1.807, 2.05) is 0 Å². The molecule has 428 valence electrons. The first kappa shape index (κ1) is 51.4. The molecule has 16 aromatic rings. The maximum absolute atomic E-state index is 4.18. The molecule has 0 saturated carbocycles. The van der Waals surface area contributed by atoms with Crippen molar-refractivity contribution in [1.29, 1.82) is 0 Å². The lowest BCUT2D eigenvalue weighted by Gasteiger charge is -2.40. The molecule has 0 fully saturated rings. The Kier molecular flexibility index (Phi) is 10.2. The monoisotopic (exact) mass is 1290 g/mol. The zero-order valence-corrected chi connectivity index (χ0v) is 52.8. The zero-order valence-electron chi connectivity index (χ0n) is 49.6. The van der Waals surface area contributed by atoms with E-state index in [1.54, 1.807) is 0 Å². The third-order valence-corrected chi connectivity index (χ3v) is 23.3. The Labute approximate surface area is 548 Å². The summed E-state index contributed by atoms with van der Waals surface area (Å²) < 4.78 is 2.08. The smallest absolute Gasteiger partial charge is 0.0734 e. The van der Waals surface area contributed by atoms with Gasteiger partial charge in [0.2, 0.25) is 0 Å². The Bertz CT molecular complexity index is 5390. The van der Waals surface area contributed by atoms with Gasteiger partial charge in [0, 0.05) is 41.5 Å². The Hall–Kier alpha value is -10.4. The fourth-order valence-electron chi connectivity index (χ4n) is 18.9. The first-order valence-corrected chi connectivity index (χ1v) is 33.5. The molecule has 2 aromatic heterocycles. The highest BCUT2D eigenvalue weighted by molar-refractivity contribution is 9.10. The SMILES string of the molecule is Brc1ccc2[nH]c3c4cc(cc3c2c1)C1(c2ccc(cc2)C2(c3ccccc3-c3ccccc32)c2cc(cc3c2[nH]c2ccc(Br)cc23)C2(c3ccc(cc3)C43c4ccccc4-c4ccccc43)c3ccccc3-c3ccccc32)c2ccccc2-c2ccccc21. The fraction of sp³-hybridized carbons (Fsp3) is 0.0455. The zero-order chi connectivity index (χ0) is 60.4. The summed E-state index contributed by atoms with van der Waals surface area (Å²) >= 11 is 7.99. The predicted molar refractivity (Wildman–Crippen MR) is 383 cm³/mol. The van der Waals surface area contributed by atoms with Crippen LogP contribution in [0.3, 0.4) is 0 Å². The van der Waals surface area contributed by atoms with Crippen LogP contribution >= 0.6 is 31.9 Å². The van der Waals surface area contributed by atoms with Crippen molar-refractivity contribution in [2.45, 2.75) is 21.7 Å². The summed E-state index contributed by atoms with van der Waals surface area (Å²) in [5.74, 6) is 0. The minimum Gasteiger partial charge on any atom is -0.354 e. The highest BCUT2D eigenvalue weighted by Crippen LogP contribution is 2.65. The molecular formula is C88H52Br2N2. The molecule has 2 nitrogen and oxygen atoms in total. The standard InChI is InChI=1S/C88H52Br2N2/c89-57-41-43-81-67(49-57)69-45-55-47-79(83(69)91-81)87(75-29-13-5-21-63(75)64-22-6-14-30-76(64)87)54-39-35-52(36-40-54)86(73-27-11-3-19-61(73)62-20-4-12-28-74(62)86)56-46-70-68-50-58(90)42-44-82(68)92-84(70)80(48-56)88(77-31-15-7-23-65(77)66-24-8-16-32-78(66)88)53-37-33-51(34-38-53)85(55)71-25-9-1-17-59(71)60-18-2-10-26-72(60)85/h1-50,91-92H. The van der Waals surface area contributed by atoms with Gasteiger partial charge in [-0.15, -0.1) is 0 Å². The largest absolute Gasteiger partial charge is 0.354 e. The van der Waals surface area contributed by atoms with Crippen LogP contribution in [0.4, 0.5) is 0 Å². The van der Waals surface area contributed by atoms with E-state index in [9.17, 15) is 0 Å². The highest BCUT2D eigenvalue weighted by Gasteiger charge is 2.54. The number of hydrogen-bond donors (Lipinski definition) is 2. The minimum atomic E-state index is -0.815. The summed E-state index contributed by atoms with van der Waals surface area (Å²) in [6.45, 7) is 0. The summed E-state index contributed by atoms with van der Waals surface area (Å²) in [6.07, 6.45) is 0. The van der Waals surface area contributed by atoms with Gasteiger partial charge in [-0.3, -0.25) is 0 Å². The lowest BCUT2D eigenvalue weighted by molar-refractivity contribution is 0.728. The number of nitrogens with one attached hydrogen (secondary N) is 2. The third-order valence-electron chi connectivity index (χ3n) is 22.3. The molecule has 0 radical (unpaired) electrons. The average Bonchev–Trinajstić information content (AvgIpc) is 1.54. The van der Waals surface area contributed by atoms with Crippen molar-refractivity contribution in [1.82, 2.24) is 9.97 Å². The molecule has 4 spiro atoms. The molecule has 14 aromatic carbocycles. The molecular weight excluding hydrogens is 1240 g/mol. The van der Waals surface area contributed by atoms with E-state index in [4.69, 9.17) is 0 Å². The van der Waals surface area contributed by atoms with Crippen molar-refractivity contribution in [2.75, 3.05) is 0 Å². The average molecular weight is 1300 g/mol. The number of aromatic amines is 2. The van der Waals surface area contributed by atoms with Gasteiger partial charge >= 0.3 is 0 Å². The Balaban J connectivity index is 1.00. The van der Waals surface area contributed by atoms with E-state index in [2.05, 4.69) is 345 Å². The molecule has 2 N–H and O–H groups in total. The van der Waals surface area contributed by atoms with Gasteiger partial charge in [-0.05, 0) is 182 Å². The Morgan fingerprint density at radius 1 is 0.196 bits per heavy atom. The molecule has 4 heteroatoms. The second-order valence-corrected chi connectivity index (χ2v) is 27.9. The molecule has 92 heavy (non-hydrogen) atoms. The van der Waals surface area contributed by atoms with Crippen LogP contribution in [0.1, 0.15) is 89.0 Å². The van der Waals surface area contributed by atoms with Gasteiger partial charge in [0.05, 0.1) is 32.7 Å². The number of hydrogen-bond acceptors (Lipinski definition) is 0. The van der Waals surface area contributed by atoms with Gasteiger partial charge in [0.25, 0.3) is 0 Å². The molecule has 8 aliphatic carbocycles. The van der Waals surface area contributed by atoms with Crippen LogP contribution in [-0.4, -0.2) is 9.97 Å². The third kappa shape index (κ3) is 6.12. The van der Waals surface area contributed by atoms with Crippen molar-refractivity contribution in [3.8, 4) is 44.5 Å². The lowest BCUT2D eigenvalue weighted by Crippen LogP contribution is -2.34.